The molecule has 0 aliphatic heterocycles. The third-order valence-corrected chi connectivity index (χ3v) is 2.99. The minimum Gasteiger partial charge on any atom is -0.494 e. The highest BCUT2D eigenvalue weighted by Crippen LogP contribution is 2.22. The molecular formula is C11H12N2O4S. The molecule has 1 aromatic carbocycles. The van der Waals surface area contributed by atoms with Gasteiger partial charge in [0.25, 0.3) is 0 Å². The summed E-state index contributed by atoms with van der Waals surface area (Å²) in [6, 6.07) is 5.39. The van der Waals surface area contributed by atoms with Crippen LogP contribution in [0.4, 0.5) is 0 Å². The highest BCUT2D eigenvalue weighted by Gasteiger charge is 2.16. The summed E-state index contributed by atoms with van der Waals surface area (Å²) >= 11 is 0.717. The molecule has 0 saturated carbocycles. The number of benzene rings is 1. The molecule has 6 nitrogen and oxygen atoms in total. The fourth-order valence-electron chi connectivity index (χ4n) is 1.44. The van der Waals surface area contributed by atoms with Crippen molar-refractivity contribution in [2.45, 2.75) is 12.4 Å². The third-order valence-electron chi connectivity index (χ3n) is 2.18. The summed E-state index contributed by atoms with van der Waals surface area (Å²) in [7, 11) is 0. The lowest BCUT2D eigenvalue weighted by Crippen LogP contribution is -2.16. The van der Waals surface area contributed by atoms with E-state index < -0.39 is 11.4 Å². The fourth-order valence-corrected chi connectivity index (χ4v) is 2.04. The number of carbonyl (C=O) groups is 1. The van der Waals surface area contributed by atoms with Gasteiger partial charge in [-0.25, -0.2) is 8.88 Å². The van der Waals surface area contributed by atoms with Crippen LogP contribution in [0.3, 0.4) is 0 Å². The van der Waals surface area contributed by atoms with E-state index in [4.69, 9.17) is 9.84 Å². The van der Waals surface area contributed by atoms with Crippen LogP contribution >= 0.6 is 11.9 Å². The zero-order chi connectivity index (χ0) is 13.1. The third kappa shape index (κ3) is 2.74. The van der Waals surface area contributed by atoms with E-state index in [1.165, 1.54) is 4.09 Å². The number of nitrogens with zero attached hydrogens (tertiary/aromatic N) is 2. The molecule has 2 N–H and O–H groups in total. The van der Waals surface area contributed by atoms with Gasteiger partial charge >= 0.3 is 5.97 Å². The molecule has 7 heteroatoms. The summed E-state index contributed by atoms with van der Waals surface area (Å²) in [5, 5.41) is 22.8. The SMILES string of the molecule is CCOc1ccc2nn(SC(O)C(=O)O)cc2c1. The normalized spacial score (nSPS) is 12.6. The largest absolute Gasteiger partial charge is 0.494 e. The van der Waals surface area contributed by atoms with Crippen molar-refractivity contribution in [3.8, 4) is 5.75 Å². The number of hydrogen-bond donors (Lipinski definition) is 2. The molecule has 18 heavy (non-hydrogen) atoms. The van der Waals surface area contributed by atoms with Crippen molar-refractivity contribution in [3.05, 3.63) is 24.4 Å². The first-order chi connectivity index (χ1) is 8.60. The molecule has 1 aromatic heterocycles. The van der Waals surface area contributed by atoms with Gasteiger partial charge in [0.15, 0.2) is 0 Å². The van der Waals surface area contributed by atoms with Crippen molar-refractivity contribution in [2.24, 2.45) is 0 Å². The van der Waals surface area contributed by atoms with Gasteiger partial charge in [-0.3, -0.25) is 0 Å². The van der Waals surface area contributed by atoms with Crippen LogP contribution in [0.1, 0.15) is 6.92 Å². The molecule has 0 aliphatic carbocycles. The van der Waals surface area contributed by atoms with Crippen molar-refractivity contribution < 1.29 is 19.7 Å². The van der Waals surface area contributed by atoms with Gasteiger partial charge in [0.2, 0.25) is 5.44 Å². The smallest absolute Gasteiger partial charge is 0.345 e. The zero-order valence-corrected chi connectivity index (χ0v) is 10.4. The van der Waals surface area contributed by atoms with Crippen LogP contribution in [0.5, 0.6) is 5.75 Å². The number of hydrogen-bond acceptors (Lipinski definition) is 5. The van der Waals surface area contributed by atoms with Gasteiger partial charge in [-0.05, 0) is 25.1 Å². The van der Waals surface area contributed by atoms with E-state index in [0.29, 0.717) is 12.1 Å². The fraction of sp³-hybridized carbons (Fsp3) is 0.273. The molecule has 96 valence electrons. The van der Waals surface area contributed by atoms with Crippen molar-refractivity contribution in [2.75, 3.05) is 6.61 Å². The summed E-state index contributed by atoms with van der Waals surface area (Å²) < 4.78 is 6.69. The monoisotopic (exact) mass is 268 g/mol. The lowest BCUT2D eigenvalue weighted by Gasteiger charge is -2.02. The van der Waals surface area contributed by atoms with E-state index in [2.05, 4.69) is 5.10 Å². The van der Waals surface area contributed by atoms with Gasteiger partial charge in [0.05, 0.1) is 12.1 Å². The Kier molecular flexibility index (Phi) is 3.73. The van der Waals surface area contributed by atoms with E-state index in [0.717, 1.165) is 23.1 Å². The zero-order valence-electron chi connectivity index (χ0n) is 9.61. The van der Waals surface area contributed by atoms with Crippen molar-refractivity contribution >= 4 is 28.8 Å². The maximum absolute atomic E-state index is 10.5. The highest BCUT2D eigenvalue weighted by atomic mass is 32.2. The quantitative estimate of drug-likeness (QED) is 0.796. The average Bonchev–Trinajstić information content (AvgIpc) is 2.70. The summed E-state index contributed by atoms with van der Waals surface area (Å²) in [6.45, 7) is 2.47. The number of aromatic nitrogens is 2. The van der Waals surface area contributed by atoms with Crippen LogP contribution in [0.15, 0.2) is 24.4 Å². The summed E-state index contributed by atoms with van der Waals surface area (Å²) in [4.78, 5) is 10.5. The number of carboxylic acid groups (broad SMARTS) is 1. The van der Waals surface area contributed by atoms with Gasteiger partial charge in [-0.2, -0.15) is 5.10 Å². The Labute approximate surface area is 107 Å². The van der Waals surface area contributed by atoms with Gasteiger partial charge in [-0.1, -0.05) is 0 Å². The predicted molar refractivity (Wildman–Crippen MR) is 67.5 cm³/mol. The van der Waals surface area contributed by atoms with Crippen molar-refractivity contribution in [1.29, 1.82) is 0 Å². The van der Waals surface area contributed by atoms with Crippen molar-refractivity contribution in [3.63, 3.8) is 0 Å². The standard InChI is InChI=1S/C11H12N2O4S/c1-2-17-8-3-4-9-7(5-8)6-13(12-9)18-11(16)10(14)15/h3-6,11,16H,2H2,1H3,(H,14,15). The molecular weight excluding hydrogens is 256 g/mol. The Morgan fingerprint density at radius 3 is 3.06 bits per heavy atom. The molecule has 0 aliphatic rings. The first-order valence-corrected chi connectivity index (χ1v) is 6.14. The van der Waals surface area contributed by atoms with E-state index in [9.17, 15) is 9.90 Å². The maximum Gasteiger partial charge on any atom is 0.345 e. The lowest BCUT2D eigenvalue weighted by atomic mass is 10.2. The Bertz CT molecular complexity index is 569. The number of carboxylic acids is 1. The molecule has 2 aromatic rings. The summed E-state index contributed by atoms with van der Waals surface area (Å²) in [5.74, 6) is -0.567. The number of aliphatic hydroxyl groups is 1. The Hall–Kier alpha value is -1.73. The summed E-state index contributed by atoms with van der Waals surface area (Å²) in [5.41, 5.74) is -0.825. The van der Waals surface area contributed by atoms with Crippen LogP contribution < -0.4 is 4.74 Å². The van der Waals surface area contributed by atoms with Crippen LogP contribution in [0, 0.1) is 0 Å². The van der Waals surface area contributed by atoms with Gasteiger partial charge in [0, 0.05) is 23.5 Å². The van der Waals surface area contributed by atoms with Crippen molar-refractivity contribution in [1.82, 2.24) is 9.19 Å². The molecule has 1 heterocycles. The molecule has 0 fully saturated rings. The molecule has 0 radical (unpaired) electrons. The molecule has 1 atom stereocenters. The van der Waals surface area contributed by atoms with Gasteiger partial charge < -0.3 is 14.9 Å². The second kappa shape index (κ2) is 5.28. The lowest BCUT2D eigenvalue weighted by molar-refractivity contribution is -0.141. The van der Waals surface area contributed by atoms with E-state index >= 15 is 0 Å². The van der Waals surface area contributed by atoms with E-state index in [1.807, 2.05) is 13.0 Å². The second-order valence-electron chi connectivity index (χ2n) is 3.48. The second-order valence-corrected chi connectivity index (χ2v) is 4.51. The van der Waals surface area contributed by atoms with E-state index in [-0.39, 0.29) is 0 Å². The highest BCUT2D eigenvalue weighted by molar-refractivity contribution is 7.98. The van der Waals surface area contributed by atoms with E-state index in [1.54, 1.807) is 18.3 Å². The van der Waals surface area contributed by atoms with Crippen LogP contribution in [-0.2, 0) is 4.79 Å². The molecule has 2 rings (SSSR count). The topological polar surface area (TPSA) is 84.6 Å². The Morgan fingerprint density at radius 1 is 1.61 bits per heavy atom. The van der Waals surface area contributed by atoms with Crippen LogP contribution in [-0.4, -0.2) is 37.4 Å². The Balaban J connectivity index is 2.24. The molecule has 1 unspecified atom stereocenters. The maximum atomic E-state index is 10.5. The predicted octanol–water partition coefficient (Wildman–Crippen LogP) is 1.33. The number of fused-ring (bicyclic) bond motifs is 1. The molecule has 0 saturated heterocycles. The molecule has 0 amide bonds. The minimum atomic E-state index is -1.54. The molecule has 0 bridgehead atoms. The number of aliphatic carboxylic acids is 1. The minimum absolute atomic E-state index is 0.576. The summed E-state index contributed by atoms with van der Waals surface area (Å²) in [6.07, 6.45) is 1.65. The molecule has 0 spiro atoms. The first kappa shape index (κ1) is 12.7. The average molecular weight is 268 g/mol. The Morgan fingerprint density at radius 2 is 2.39 bits per heavy atom. The van der Waals surface area contributed by atoms with Gasteiger partial charge in [-0.15, -0.1) is 0 Å². The number of ether oxygens (including phenoxy) is 1. The number of aliphatic hydroxyl groups excluding tert-OH is 1. The van der Waals surface area contributed by atoms with Crippen LogP contribution in [0.2, 0.25) is 0 Å². The van der Waals surface area contributed by atoms with Crippen LogP contribution in [0.25, 0.3) is 10.9 Å². The first-order valence-electron chi connectivity index (χ1n) is 5.30. The van der Waals surface area contributed by atoms with Gasteiger partial charge in [0.1, 0.15) is 5.75 Å². The number of rotatable bonds is 5.